The minimum absolute atomic E-state index is 0.257. The van der Waals surface area contributed by atoms with Crippen LogP contribution in [0.1, 0.15) is 4.88 Å². The molecule has 0 radical (unpaired) electrons. The highest BCUT2D eigenvalue weighted by atomic mass is 79.9. The van der Waals surface area contributed by atoms with E-state index in [1.165, 1.54) is 15.4 Å². The SMILES string of the molecule is CN1CCN(S(=O)(=O)c2ccc(N(C)Cc3ccc(Br)s3)nc2)CC1. The van der Waals surface area contributed by atoms with E-state index in [2.05, 4.69) is 31.9 Å². The van der Waals surface area contributed by atoms with Gasteiger partial charge in [-0.2, -0.15) is 4.31 Å². The van der Waals surface area contributed by atoms with E-state index in [1.54, 1.807) is 23.5 Å². The molecule has 1 saturated heterocycles. The van der Waals surface area contributed by atoms with Crippen molar-refractivity contribution in [3.63, 3.8) is 0 Å². The summed E-state index contributed by atoms with van der Waals surface area (Å²) in [5, 5.41) is 0. The van der Waals surface area contributed by atoms with E-state index in [0.29, 0.717) is 13.1 Å². The Morgan fingerprint density at radius 2 is 1.92 bits per heavy atom. The fraction of sp³-hybridized carbons (Fsp3) is 0.438. The van der Waals surface area contributed by atoms with Crippen molar-refractivity contribution in [2.24, 2.45) is 0 Å². The molecule has 1 fully saturated rings. The first-order valence-electron chi connectivity index (χ1n) is 7.96. The van der Waals surface area contributed by atoms with Crippen LogP contribution in [0.25, 0.3) is 0 Å². The van der Waals surface area contributed by atoms with E-state index < -0.39 is 10.0 Å². The second kappa shape index (κ2) is 7.71. The van der Waals surface area contributed by atoms with E-state index in [-0.39, 0.29) is 4.90 Å². The van der Waals surface area contributed by atoms with E-state index in [1.807, 2.05) is 25.1 Å². The van der Waals surface area contributed by atoms with E-state index in [0.717, 1.165) is 29.2 Å². The lowest BCUT2D eigenvalue weighted by Gasteiger charge is -2.31. The summed E-state index contributed by atoms with van der Waals surface area (Å²) in [7, 11) is 0.489. The third-order valence-electron chi connectivity index (χ3n) is 4.23. The summed E-state index contributed by atoms with van der Waals surface area (Å²) < 4.78 is 28.1. The molecule has 0 bridgehead atoms. The molecule has 9 heteroatoms. The van der Waals surface area contributed by atoms with Crippen molar-refractivity contribution in [2.45, 2.75) is 11.4 Å². The number of anilines is 1. The highest BCUT2D eigenvalue weighted by molar-refractivity contribution is 9.11. The number of piperazine rings is 1. The largest absolute Gasteiger partial charge is 0.355 e. The Morgan fingerprint density at radius 3 is 2.48 bits per heavy atom. The highest BCUT2D eigenvalue weighted by Crippen LogP contribution is 2.25. The summed E-state index contributed by atoms with van der Waals surface area (Å²) in [5.41, 5.74) is 0. The van der Waals surface area contributed by atoms with Crippen LogP contribution in [0.3, 0.4) is 0 Å². The zero-order valence-corrected chi connectivity index (χ0v) is 17.4. The molecule has 0 amide bonds. The van der Waals surface area contributed by atoms with Crippen LogP contribution in [-0.4, -0.2) is 62.9 Å². The van der Waals surface area contributed by atoms with Gasteiger partial charge in [0.15, 0.2) is 0 Å². The third kappa shape index (κ3) is 4.40. The molecular formula is C16H21BrN4O2S2. The van der Waals surface area contributed by atoms with E-state index >= 15 is 0 Å². The van der Waals surface area contributed by atoms with Crippen LogP contribution in [0.5, 0.6) is 0 Å². The van der Waals surface area contributed by atoms with Crippen LogP contribution in [-0.2, 0) is 16.6 Å². The Balaban J connectivity index is 1.70. The summed E-state index contributed by atoms with van der Waals surface area (Å²) >= 11 is 5.14. The number of hydrogen-bond acceptors (Lipinski definition) is 6. The highest BCUT2D eigenvalue weighted by Gasteiger charge is 2.27. The predicted octanol–water partition coefficient (Wildman–Crippen LogP) is 2.48. The van der Waals surface area contributed by atoms with E-state index in [9.17, 15) is 8.42 Å². The van der Waals surface area contributed by atoms with Crippen molar-refractivity contribution in [1.82, 2.24) is 14.2 Å². The molecule has 3 heterocycles. The van der Waals surface area contributed by atoms with Crippen molar-refractivity contribution >= 4 is 43.1 Å². The summed E-state index contributed by atoms with van der Waals surface area (Å²) in [6.07, 6.45) is 1.46. The number of nitrogens with zero attached hydrogens (tertiary/aromatic N) is 4. The quantitative estimate of drug-likeness (QED) is 0.708. The maximum atomic E-state index is 12.7. The van der Waals surface area contributed by atoms with Crippen molar-refractivity contribution in [3.05, 3.63) is 39.1 Å². The first kappa shape index (κ1) is 18.8. The number of hydrogen-bond donors (Lipinski definition) is 0. The minimum Gasteiger partial charge on any atom is -0.355 e. The number of thiophene rings is 1. The van der Waals surface area contributed by atoms with Crippen LogP contribution in [0.4, 0.5) is 5.82 Å². The maximum absolute atomic E-state index is 12.7. The van der Waals surface area contributed by atoms with Gasteiger partial charge >= 0.3 is 0 Å². The standard InChI is InChI=1S/C16H21BrN4O2S2/c1-19-7-9-21(10-8-19)25(22,23)14-4-6-16(18-11-14)20(2)12-13-3-5-15(17)24-13/h3-6,11H,7-10,12H2,1-2H3. The van der Waals surface area contributed by atoms with Crippen molar-refractivity contribution in [1.29, 1.82) is 0 Å². The molecule has 6 nitrogen and oxygen atoms in total. The first-order chi connectivity index (χ1) is 11.9. The van der Waals surface area contributed by atoms with Gasteiger partial charge in [-0.05, 0) is 47.2 Å². The number of rotatable bonds is 5. The maximum Gasteiger partial charge on any atom is 0.244 e. The van der Waals surface area contributed by atoms with Gasteiger partial charge in [-0.25, -0.2) is 13.4 Å². The molecule has 0 aliphatic carbocycles. The monoisotopic (exact) mass is 444 g/mol. The van der Waals surface area contributed by atoms with Gasteiger partial charge in [0.25, 0.3) is 0 Å². The molecule has 2 aromatic heterocycles. The lowest BCUT2D eigenvalue weighted by molar-refractivity contribution is 0.222. The molecule has 1 aliphatic heterocycles. The third-order valence-corrected chi connectivity index (χ3v) is 7.72. The average molecular weight is 445 g/mol. The van der Waals surface area contributed by atoms with Crippen molar-refractivity contribution < 1.29 is 8.42 Å². The van der Waals surface area contributed by atoms with Gasteiger partial charge in [-0.3, -0.25) is 0 Å². The Bertz CT molecular complexity index is 815. The zero-order chi connectivity index (χ0) is 18.0. The second-order valence-corrected chi connectivity index (χ2v) is 10.6. The normalized spacial score (nSPS) is 16.9. The minimum atomic E-state index is -3.46. The lowest BCUT2D eigenvalue weighted by Crippen LogP contribution is -2.47. The second-order valence-electron chi connectivity index (χ2n) is 6.12. The van der Waals surface area contributed by atoms with Crippen LogP contribution < -0.4 is 4.90 Å². The lowest BCUT2D eigenvalue weighted by atomic mass is 10.4. The van der Waals surface area contributed by atoms with Gasteiger partial charge in [-0.15, -0.1) is 11.3 Å². The van der Waals surface area contributed by atoms with Gasteiger partial charge < -0.3 is 9.80 Å². The summed E-state index contributed by atoms with van der Waals surface area (Å²) in [4.78, 5) is 9.97. The number of pyridine rings is 1. The van der Waals surface area contributed by atoms with Gasteiger partial charge in [-0.1, -0.05) is 0 Å². The number of aromatic nitrogens is 1. The molecule has 0 saturated carbocycles. The predicted molar refractivity (Wildman–Crippen MR) is 105 cm³/mol. The molecule has 0 aromatic carbocycles. The fourth-order valence-electron chi connectivity index (χ4n) is 2.68. The Kier molecular flexibility index (Phi) is 5.79. The van der Waals surface area contributed by atoms with Crippen LogP contribution in [0, 0.1) is 0 Å². The van der Waals surface area contributed by atoms with Crippen LogP contribution >= 0.6 is 27.3 Å². The summed E-state index contributed by atoms with van der Waals surface area (Å²) in [5.74, 6) is 0.752. The van der Waals surface area contributed by atoms with Gasteiger partial charge in [0.2, 0.25) is 10.0 Å². The van der Waals surface area contributed by atoms with Gasteiger partial charge in [0, 0.05) is 44.3 Å². The molecule has 1 aliphatic rings. The number of sulfonamides is 1. The summed E-state index contributed by atoms with van der Waals surface area (Å²) in [6.45, 7) is 3.28. The molecule has 0 atom stereocenters. The van der Waals surface area contributed by atoms with Crippen LogP contribution in [0.2, 0.25) is 0 Å². The molecular weight excluding hydrogens is 424 g/mol. The molecule has 136 valence electrons. The first-order valence-corrected chi connectivity index (χ1v) is 11.0. The average Bonchev–Trinajstić information content (AvgIpc) is 3.00. The summed E-state index contributed by atoms with van der Waals surface area (Å²) in [6, 6.07) is 7.51. The molecule has 0 spiro atoms. The van der Waals surface area contributed by atoms with Gasteiger partial charge in [0.1, 0.15) is 10.7 Å². The van der Waals surface area contributed by atoms with Crippen molar-refractivity contribution in [3.8, 4) is 0 Å². The molecule has 0 unspecified atom stereocenters. The smallest absolute Gasteiger partial charge is 0.244 e. The molecule has 0 N–H and O–H groups in total. The molecule has 25 heavy (non-hydrogen) atoms. The Morgan fingerprint density at radius 1 is 1.20 bits per heavy atom. The number of halogens is 1. The number of likely N-dealkylation sites (N-methyl/N-ethyl adjacent to an activating group) is 1. The molecule has 2 aromatic rings. The zero-order valence-electron chi connectivity index (χ0n) is 14.2. The Labute approximate surface area is 161 Å². The Hall–Kier alpha value is -1.00. The van der Waals surface area contributed by atoms with Crippen molar-refractivity contribution in [2.75, 3.05) is 45.2 Å². The fourth-order valence-corrected chi connectivity index (χ4v) is 5.58. The topological polar surface area (TPSA) is 56.8 Å². The van der Waals surface area contributed by atoms with Gasteiger partial charge in [0.05, 0.1) is 10.3 Å². The molecule has 3 rings (SSSR count). The van der Waals surface area contributed by atoms with E-state index in [4.69, 9.17) is 0 Å². The van der Waals surface area contributed by atoms with Crippen LogP contribution in [0.15, 0.2) is 39.1 Å².